The smallest absolute Gasteiger partial charge is 0.134 e. The van der Waals surface area contributed by atoms with Gasteiger partial charge in [0.15, 0.2) is 0 Å². The van der Waals surface area contributed by atoms with Crippen molar-refractivity contribution in [3.8, 4) is 0 Å². The molecule has 2 saturated heterocycles. The van der Waals surface area contributed by atoms with Crippen molar-refractivity contribution in [3.63, 3.8) is 0 Å². The van der Waals surface area contributed by atoms with Crippen molar-refractivity contribution in [1.29, 1.82) is 0 Å². The molecule has 2 heterocycles. The predicted molar refractivity (Wildman–Crippen MR) is 76.3 cm³/mol. The van der Waals surface area contributed by atoms with Gasteiger partial charge in [0.05, 0.1) is 18.3 Å². The molecule has 3 rings (SSSR count). The van der Waals surface area contributed by atoms with Crippen LogP contribution in [-0.4, -0.2) is 23.0 Å². The Hall–Kier alpha value is -0.930. The first-order valence-electron chi connectivity index (χ1n) is 7.39. The Bertz CT molecular complexity index is 482. The van der Waals surface area contributed by atoms with Crippen LogP contribution in [0.25, 0.3) is 0 Å². The highest BCUT2D eigenvalue weighted by Gasteiger charge is 2.65. The number of hydrogen-bond donors (Lipinski definition) is 0. The van der Waals surface area contributed by atoms with Gasteiger partial charge in [-0.3, -0.25) is 0 Å². The van der Waals surface area contributed by atoms with Gasteiger partial charge in [0.1, 0.15) is 11.3 Å². The number of halogens is 1. The zero-order chi connectivity index (χ0) is 14.4. The van der Waals surface area contributed by atoms with Crippen LogP contribution in [0.15, 0.2) is 30.3 Å². The number of benzene rings is 1. The molecule has 0 spiro atoms. The van der Waals surface area contributed by atoms with E-state index in [0.29, 0.717) is 13.0 Å². The number of fused-ring (bicyclic) bond motifs is 2. The molecule has 0 aliphatic carbocycles. The van der Waals surface area contributed by atoms with E-state index in [4.69, 9.17) is 9.47 Å². The van der Waals surface area contributed by atoms with Crippen LogP contribution in [-0.2, 0) is 16.1 Å². The maximum absolute atomic E-state index is 14.5. The van der Waals surface area contributed by atoms with Crippen LogP contribution in [0.1, 0.15) is 45.6 Å². The minimum Gasteiger partial charge on any atom is -0.370 e. The first-order valence-corrected chi connectivity index (χ1v) is 7.39. The number of rotatable bonds is 4. The number of hydrogen-bond acceptors (Lipinski definition) is 2. The summed E-state index contributed by atoms with van der Waals surface area (Å²) in [7, 11) is 0. The fourth-order valence-corrected chi connectivity index (χ4v) is 3.55. The second kappa shape index (κ2) is 4.54. The standard InChI is InChI=1S/C17H23FO2/c1-15(2,18)17-10-9-16(3,20-17)14(11-17)19-12-13-7-5-4-6-8-13/h4-8,14H,9-12H2,1-3H3/t14-,16+,17-/m0/s1. The second-order valence-corrected chi connectivity index (χ2v) is 6.87. The molecule has 0 N–H and O–H groups in total. The molecular formula is C17H23FO2. The van der Waals surface area contributed by atoms with Gasteiger partial charge in [-0.2, -0.15) is 0 Å². The molecule has 3 atom stereocenters. The molecule has 2 aliphatic heterocycles. The van der Waals surface area contributed by atoms with Crippen molar-refractivity contribution in [2.45, 2.75) is 69.6 Å². The SMILES string of the molecule is CC(C)(F)[C@@]12CC[C@@](C)(O1)[C@@H](OCc1ccccc1)C2. The van der Waals surface area contributed by atoms with E-state index in [2.05, 4.69) is 6.92 Å². The number of ether oxygens (including phenoxy) is 2. The Morgan fingerprint density at radius 2 is 2.00 bits per heavy atom. The van der Waals surface area contributed by atoms with Crippen molar-refractivity contribution >= 4 is 0 Å². The largest absolute Gasteiger partial charge is 0.370 e. The zero-order valence-electron chi connectivity index (χ0n) is 12.5. The summed E-state index contributed by atoms with van der Waals surface area (Å²) in [4.78, 5) is 0. The molecule has 0 aromatic heterocycles. The average Bonchev–Trinajstić information content (AvgIpc) is 2.89. The zero-order valence-corrected chi connectivity index (χ0v) is 12.5. The maximum Gasteiger partial charge on any atom is 0.134 e. The summed E-state index contributed by atoms with van der Waals surface area (Å²) in [5, 5.41) is 0. The van der Waals surface area contributed by atoms with Crippen LogP contribution in [0.2, 0.25) is 0 Å². The summed E-state index contributed by atoms with van der Waals surface area (Å²) < 4.78 is 26.7. The molecule has 0 amide bonds. The lowest BCUT2D eigenvalue weighted by atomic mass is 9.74. The molecule has 0 radical (unpaired) electrons. The van der Waals surface area contributed by atoms with Gasteiger partial charge < -0.3 is 9.47 Å². The quantitative estimate of drug-likeness (QED) is 0.828. The maximum atomic E-state index is 14.5. The third-order valence-corrected chi connectivity index (χ3v) is 5.03. The van der Waals surface area contributed by atoms with E-state index in [1.165, 1.54) is 0 Å². The fourth-order valence-electron chi connectivity index (χ4n) is 3.55. The molecule has 0 saturated carbocycles. The van der Waals surface area contributed by atoms with Crippen molar-refractivity contribution in [1.82, 2.24) is 0 Å². The highest BCUT2D eigenvalue weighted by atomic mass is 19.1. The molecule has 110 valence electrons. The van der Waals surface area contributed by atoms with Crippen LogP contribution in [0.3, 0.4) is 0 Å². The van der Waals surface area contributed by atoms with Gasteiger partial charge in [-0.1, -0.05) is 30.3 Å². The molecule has 1 aromatic rings. The molecule has 2 bridgehead atoms. The normalized spacial score (nSPS) is 36.5. The van der Waals surface area contributed by atoms with E-state index < -0.39 is 11.3 Å². The summed E-state index contributed by atoms with van der Waals surface area (Å²) >= 11 is 0. The Morgan fingerprint density at radius 1 is 1.30 bits per heavy atom. The van der Waals surface area contributed by atoms with Crippen LogP contribution in [0.5, 0.6) is 0 Å². The van der Waals surface area contributed by atoms with Crippen LogP contribution in [0.4, 0.5) is 4.39 Å². The summed E-state index contributed by atoms with van der Waals surface area (Å²) in [6, 6.07) is 10.1. The van der Waals surface area contributed by atoms with E-state index in [9.17, 15) is 4.39 Å². The molecule has 3 heteroatoms. The second-order valence-electron chi connectivity index (χ2n) is 6.87. The van der Waals surface area contributed by atoms with Gasteiger partial charge in [-0.15, -0.1) is 0 Å². The van der Waals surface area contributed by atoms with Crippen LogP contribution < -0.4 is 0 Å². The molecular weight excluding hydrogens is 255 g/mol. The van der Waals surface area contributed by atoms with Gasteiger partial charge in [0, 0.05) is 6.42 Å². The van der Waals surface area contributed by atoms with Crippen LogP contribution in [0, 0.1) is 0 Å². The summed E-state index contributed by atoms with van der Waals surface area (Å²) in [5.74, 6) is 0. The Balaban J connectivity index is 1.70. The Labute approximate surface area is 120 Å². The highest BCUT2D eigenvalue weighted by molar-refractivity contribution is 5.16. The van der Waals surface area contributed by atoms with E-state index in [1.54, 1.807) is 13.8 Å². The first-order chi connectivity index (χ1) is 9.35. The fraction of sp³-hybridized carbons (Fsp3) is 0.647. The van der Waals surface area contributed by atoms with Gasteiger partial charge in [0.2, 0.25) is 0 Å². The van der Waals surface area contributed by atoms with Crippen molar-refractivity contribution in [3.05, 3.63) is 35.9 Å². The average molecular weight is 278 g/mol. The lowest BCUT2D eigenvalue weighted by molar-refractivity contribution is -0.126. The monoisotopic (exact) mass is 278 g/mol. The van der Waals surface area contributed by atoms with Crippen molar-refractivity contribution in [2.75, 3.05) is 0 Å². The summed E-state index contributed by atoms with van der Waals surface area (Å²) in [6.07, 6.45) is 2.30. The molecule has 2 aliphatic rings. The molecule has 2 fully saturated rings. The Kier molecular flexibility index (Phi) is 3.18. The third-order valence-electron chi connectivity index (χ3n) is 5.03. The summed E-state index contributed by atoms with van der Waals surface area (Å²) in [5.41, 5.74) is -1.18. The minimum atomic E-state index is -1.32. The molecule has 1 aromatic carbocycles. The van der Waals surface area contributed by atoms with E-state index in [0.717, 1.165) is 18.4 Å². The molecule has 2 nitrogen and oxygen atoms in total. The number of alkyl halides is 1. The lowest BCUT2D eigenvalue weighted by Crippen LogP contribution is -2.46. The lowest BCUT2D eigenvalue weighted by Gasteiger charge is -2.35. The van der Waals surface area contributed by atoms with Gasteiger partial charge in [-0.05, 0) is 39.2 Å². The molecule has 20 heavy (non-hydrogen) atoms. The summed E-state index contributed by atoms with van der Waals surface area (Å²) in [6.45, 7) is 5.87. The van der Waals surface area contributed by atoms with E-state index >= 15 is 0 Å². The van der Waals surface area contributed by atoms with E-state index in [1.807, 2.05) is 30.3 Å². The van der Waals surface area contributed by atoms with Gasteiger partial charge in [-0.25, -0.2) is 4.39 Å². The Morgan fingerprint density at radius 3 is 2.60 bits per heavy atom. The van der Waals surface area contributed by atoms with Gasteiger partial charge in [0.25, 0.3) is 0 Å². The van der Waals surface area contributed by atoms with Crippen molar-refractivity contribution in [2.24, 2.45) is 0 Å². The van der Waals surface area contributed by atoms with E-state index in [-0.39, 0.29) is 11.7 Å². The van der Waals surface area contributed by atoms with Gasteiger partial charge >= 0.3 is 0 Å². The van der Waals surface area contributed by atoms with Crippen molar-refractivity contribution < 1.29 is 13.9 Å². The third kappa shape index (κ3) is 2.17. The molecule has 0 unspecified atom stereocenters. The predicted octanol–water partition coefficient (Wildman–Crippen LogP) is 4.03. The highest BCUT2D eigenvalue weighted by Crippen LogP contribution is 2.57. The van der Waals surface area contributed by atoms with Crippen LogP contribution >= 0.6 is 0 Å². The first kappa shape index (κ1) is 14.0. The topological polar surface area (TPSA) is 18.5 Å². The minimum absolute atomic E-state index is 0.0218.